The Hall–Kier alpha value is -2.26. The number of hydrogen-bond acceptors (Lipinski definition) is 5. The van der Waals surface area contributed by atoms with Gasteiger partial charge in [0.05, 0.1) is 13.4 Å². The molecule has 0 fully saturated rings. The predicted molar refractivity (Wildman–Crippen MR) is 74.1 cm³/mol. The highest BCUT2D eigenvalue weighted by atomic mass is 31.1. The standard InChI is InChI=1S/C13H10N5P/c1-2-6-14-11(5-1)19(12-15-7-3-8-16-12)13-17-9-4-10-18-13/h1-10H. The van der Waals surface area contributed by atoms with Gasteiger partial charge in [-0.1, -0.05) is 6.07 Å². The third-order valence-corrected chi connectivity index (χ3v) is 4.37. The van der Waals surface area contributed by atoms with Crippen molar-refractivity contribution in [3.63, 3.8) is 0 Å². The van der Waals surface area contributed by atoms with Crippen molar-refractivity contribution in [2.75, 3.05) is 0 Å². The van der Waals surface area contributed by atoms with E-state index in [0.717, 1.165) is 5.44 Å². The fourth-order valence-corrected chi connectivity index (χ4v) is 3.33. The van der Waals surface area contributed by atoms with E-state index in [1.54, 1.807) is 43.1 Å². The monoisotopic (exact) mass is 267 g/mol. The van der Waals surface area contributed by atoms with Crippen LogP contribution in [0.3, 0.4) is 0 Å². The van der Waals surface area contributed by atoms with Gasteiger partial charge in [-0.15, -0.1) is 0 Å². The van der Waals surface area contributed by atoms with Crippen LogP contribution in [0.25, 0.3) is 0 Å². The van der Waals surface area contributed by atoms with Gasteiger partial charge >= 0.3 is 0 Å². The van der Waals surface area contributed by atoms with Crippen molar-refractivity contribution >= 4 is 24.5 Å². The second kappa shape index (κ2) is 5.59. The van der Waals surface area contributed by atoms with Crippen LogP contribution in [0.15, 0.2) is 61.3 Å². The number of hydrogen-bond donors (Lipinski definition) is 0. The van der Waals surface area contributed by atoms with E-state index in [4.69, 9.17) is 0 Å². The van der Waals surface area contributed by atoms with E-state index in [1.165, 1.54) is 0 Å². The molecule has 0 spiro atoms. The van der Waals surface area contributed by atoms with Crippen LogP contribution in [-0.2, 0) is 0 Å². The maximum absolute atomic E-state index is 4.40. The minimum Gasteiger partial charge on any atom is -0.256 e. The van der Waals surface area contributed by atoms with Gasteiger partial charge in [-0.05, 0) is 24.3 Å². The third kappa shape index (κ3) is 2.61. The molecule has 0 saturated heterocycles. The van der Waals surface area contributed by atoms with E-state index in [2.05, 4.69) is 24.9 Å². The number of pyridine rings is 1. The quantitative estimate of drug-likeness (QED) is 0.643. The zero-order chi connectivity index (χ0) is 12.9. The summed E-state index contributed by atoms with van der Waals surface area (Å²) in [6.45, 7) is 0. The summed E-state index contributed by atoms with van der Waals surface area (Å²) in [5.74, 6) is 0. The Morgan fingerprint density at radius 3 is 1.58 bits per heavy atom. The van der Waals surface area contributed by atoms with Gasteiger partial charge in [0, 0.05) is 31.0 Å². The summed E-state index contributed by atoms with van der Waals surface area (Å²) in [6, 6.07) is 9.37. The van der Waals surface area contributed by atoms with Crippen LogP contribution in [0, 0.1) is 0 Å². The fraction of sp³-hybridized carbons (Fsp3) is 0. The Morgan fingerprint density at radius 1 is 0.579 bits per heavy atom. The number of nitrogens with zero attached hydrogens (tertiary/aromatic N) is 5. The summed E-state index contributed by atoms with van der Waals surface area (Å²) in [7, 11) is -1.00. The molecule has 0 aliphatic carbocycles. The van der Waals surface area contributed by atoms with Crippen molar-refractivity contribution in [1.29, 1.82) is 0 Å². The molecular weight excluding hydrogens is 257 g/mol. The molecule has 0 saturated carbocycles. The molecule has 6 heteroatoms. The maximum atomic E-state index is 4.40. The molecule has 19 heavy (non-hydrogen) atoms. The van der Waals surface area contributed by atoms with Crippen LogP contribution in [0.1, 0.15) is 0 Å². The van der Waals surface area contributed by atoms with Gasteiger partial charge in [0.15, 0.2) is 11.1 Å². The zero-order valence-corrected chi connectivity index (χ0v) is 10.9. The van der Waals surface area contributed by atoms with E-state index in [0.29, 0.717) is 11.1 Å². The van der Waals surface area contributed by atoms with Crippen molar-refractivity contribution in [2.24, 2.45) is 0 Å². The highest BCUT2D eigenvalue weighted by Crippen LogP contribution is 2.27. The Kier molecular flexibility index (Phi) is 3.47. The first-order chi connectivity index (χ1) is 9.45. The van der Waals surface area contributed by atoms with Gasteiger partial charge in [-0.2, -0.15) is 0 Å². The van der Waals surface area contributed by atoms with Gasteiger partial charge in [0.2, 0.25) is 0 Å². The van der Waals surface area contributed by atoms with Crippen LogP contribution in [0.4, 0.5) is 0 Å². The highest BCUT2D eigenvalue weighted by molar-refractivity contribution is 7.78. The lowest BCUT2D eigenvalue weighted by Crippen LogP contribution is -2.29. The van der Waals surface area contributed by atoms with Crippen LogP contribution in [-0.4, -0.2) is 24.9 Å². The molecule has 0 unspecified atom stereocenters. The Bertz CT molecular complexity index is 539. The highest BCUT2D eigenvalue weighted by Gasteiger charge is 2.22. The molecule has 0 aliphatic heterocycles. The largest absolute Gasteiger partial charge is 0.256 e. The van der Waals surface area contributed by atoms with Crippen molar-refractivity contribution in [3.05, 3.63) is 61.3 Å². The smallest absolute Gasteiger partial charge is 0.164 e. The Labute approximate surface area is 111 Å². The van der Waals surface area contributed by atoms with E-state index in [-0.39, 0.29) is 0 Å². The molecule has 92 valence electrons. The van der Waals surface area contributed by atoms with Crippen LogP contribution in [0.5, 0.6) is 0 Å². The summed E-state index contributed by atoms with van der Waals surface area (Å²) in [5.41, 5.74) is 2.32. The molecule has 0 radical (unpaired) electrons. The first kappa shape index (κ1) is 11.8. The fourth-order valence-electron chi connectivity index (χ4n) is 1.59. The topological polar surface area (TPSA) is 64.5 Å². The van der Waals surface area contributed by atoms with Gasteiger partial charge in [0.25, 0.3) is 0 Å². The predicted octanol–water partition coefficient (Wildman–Crippen LogP) is 0.420. The molecule has 3 rings (SSSR count). The van der Waals surface area contributed by atoms with Crippen LogP contribution in [0.2, 0.25) is 0 Å². The normalized spacial score (nSPS) is 10.6. The van der Waals surface area contributed by atoms with Crippen molar-refractivity contribution in [2.45, 2.75) is 0 Å². The van der Waals surface area contributed by atoms with Crippen molar-refractivity contribution in [3.8, 4) is 0 Å². The summed E-state index contributed by atoms with van der Waals surface area (Å²) in [4.78, 5) is 21.7. The van der Waals surface area contributed by atoms with Gasteiger partial charge in [-0.25, -0.2) is 19.9 Å². The minimum absolute atomic E-state index is 0.711. The van der Waals surface area contributed by atoms with E-state index >= 15 is 0 Å². The molecule has 3 aromatic rings. The molecule has 0 aliphatic rings. The number of aromatic nitrogens is 5. The van der Waals surface area contributed by atoms with Gasteiger partial charge < -0.3 is 0 Å². The summed E-state index contributed by atoms with van der Waals surface area (Å²) in [5, 5.41) is 0. The van der Waals surface area contributed by atoms with Crippen molar-refractivity contribution in [1.82, 2.24) is 24.9 Å². The molecule has 3 aromatic heterocycles. The summed E-state index contributed by atoms with van der Waals surface area (Å²) >= 11 is 0. The Morgan fingerprint density at radius 2 is 1.11 bits per heavy atom. The van der Waals surface area contributed by atoms with E-state index < -0.39 is 7.92 Å². The lowest BCUT2D eigenvalue weighted by Gasteiger charge is -2.12. The lowest BCUT2D eigenvalue weighted by atomic mass is 10.5. The molecular formula is C13H10N5P. The van der Waals surface area contributed by atoms with Gasteiger partial charge in [0.1, 0.15) is 0 Å². The van der Waals surface area contributed by atoms with E-state index in [1.807, 2.05) is 18.2 Å². The molecule has 0 N–H and O–H groups in total. The molecule has 5 nitrogen and oxygen atoms in total. The summed E-state index contributed by atoms with van der Waals surface area (Å²) in [6.07, 6.45) is 8.66. The molecule has 0 amide bonds. The minimum atomic E-state index is -1.00. The zero-order valence-electron chi connectivity index (χ0n) is 9.96. The summed E-state index contributed by atoms with van der Waals surface area (Å²) < 4.78 is 0. The third-order valence-electron chi connectivity index (χ3n) is 2.38. The lowest BCUT2D eigenvalue weighted by molar-refractivity contribution is 1.21. The average Bonchev–Trinajstić information content (AvgIpc) is 2.51. The van der Waals surface area contributed by atoms with Gasteiger partial charge in [-0.3, -0.25) is 4.98 Å². The van der Waals surface area contributed by atoms with Crippen molar-refractivity contribution < 1.29 is 0 Å². The molecule has 0 bridgehead atoms. The second-order valence-corrected chi connectivity index (χ2v) is 5.55. The van der Waals surface area contributed by atoms with E-state index in [9.17, 15) is 0 Å². The first-order valence-corrected chi connectivity index (χ1v) is 7.04. The Balaban J connectivity index is 2.12. The molecule has 0 atom stereocenters. The maximum Gasteiger partial charge on any atom is 0.164 e. The number of rotatable bonds is 3. The second-order valence-electron chi connectivity index (χ2n) is 3.62. The first-order valence-electron chi connectivity index (χ1n) is 5.70. The van der Waals surface area contributed by atoms with Crippen LogP contribution >= 0.6 is 7.92 Å². The molecule has 3 heterocycles. The van der Waals surface area contributed by atoms with Crippen LogP contribution < -0.4 is 16.6 Å². The average molecular weight is 267 g/mol. The molecule has 0 aromatic carbocycles. The SMILES string of the molecule is c1ccc(P(c2ncccn2)c2ncccn2)nc1.